The number of likely N-dealkylation sites (tertiary alicyclic amines) is 1. The van der Waals surface area contributed by atoms with Crippen LogP contribution in [-0.2, 0) is 13.7 Å². The van der Waals surface area contributed by atoms with Gasteiger partial charge in [-0.25, -0.2) is 13.8 Å². The Bertz CT molecular complexity index is 1590. The normalized spacial score (nSPS) is 14.7. The fourth-order valence-corrected chi connectivity index (χ4v) is 4.93. The number of nitrogens with zero attached hydrogens (tertiary/aromatic N) is 5. The second kappa shape index (κ2) is 9.49. The third-order valence-electron chi connectivity index (χ3n) is 6.98. The van der Waals surface area contributed by atoms with E-state index in [0.29, 0.717) is 39.5 Å². The van der Waals surface area contributed by atoms with Crippen LogP contribution in [0.4, 0.5) is 8.78 Å². The third kappa shape index (κ3) is 4.20. The summed E-state index contributed by atoms with van der Waals surface area (Å²) in [4.78, 5) is 6.86. The fraction of sp³-hybridized carbons (Fsp3) is 0.250. The Balaban J connectivity index is 1.43. The van der Waals surface area contributed by atoms with E-state index in [4.69, 9.17) is 4.42 Å². The quantitative estimate of drug-likeness (QED) is 0.326. The Labute approximate surface area is 212 Å². The summed E-state index contributed by atoms with van der Waals surface area (Å²) in [5.74, 6) is 0.531. The highest BCUT2D eigenvalue weighted by Crippen LogP contribution is 2.36. The Hall–Kier alpha value is -3.95. The lowest BCUT2D eigenvalue weighted by Gasteiger charge is -2.37. The Kier molecular flexibility index (Phi) is 6.02. The van der Waals surface area contributed by atoms with Crippen molar-refractivity contribution in [2.75, 3.05) is 19.7 Å². The molecule has 3 heterocycles. The van der Waals surface area contributed by atoms with Crippen LogP contribution in [0.15, 0.2) is 65.3 Å². The number of fused-ring (bicyclic) bond motifs is 1. The van der Waals surface area contributed by atoms with E-state index >= 15 is 0 Å². The van der Waals surface area contributed by atoms with Gasteiger partial charge in [-0.1, -0.05) is 18.2 Å². The predicted octanol–water partition coefficient (Wildman–Crippen LogP) is 5.31. The van der Waals surface area contributed by atoms with Gasteiger partial charge in [-0.05, 0) is 59.5 Å². The molecule has 9 heteroatoms. The van der Waals surface area contributed by atoms with E-state index in [1.54, 1.807) is 30.1 Å². The number of hydrogen-bond acceptors (Lipinski definition) is 6. The molecule has 0 saturated carbocycles. The van der Waals surface area contributed by atoms with E-state index in [2.05, 4.69) is 20.1 Å². The molecule has 0 spiro atoms. The van der Waals surface area contributed by atoms with Crippen LogP contribution in [0.3, 0.4) is 0 Å². The van der Waals surface area contributed by atoms with Gasteiger partial charge in [0.2, 0.25) is 5.89 Å². The smallest absolute Gasteiger partial charge is 0.227 e. The van der Waals surface area contributed by atoms with Crippen LogP contribution < -0.4 is 0 Å². The van der Waals surface area contributed by atoms with Crippen molar-refractivity contribution in [3.8, 4) is 34.0 Å². The van der Waals surface area contributed by atoms with Gasteiger partial charge in [0.05, 0.1) is 12.6 Å². The maximum atomic E-state index is 14.2. The molecule has 6 rings (SSSR count). The summed E-state index contributed by atoms with van der Waals surface area (Å²) in [5.41, 5.74) is 5.10. The number of alkyl halides is 1. The summed E-state index contributed by atoms with van der Waals surface area (Å²) in [6.45, 7) is 1.07. The van der Waals surface area contributed by atoms with Gasteiger partial charge in [0.15, 0.2) is 11.4 Å². The maximum Gasteiger partial charge on any atom is 0.227 e. The summed E-state index contributed by atoms with van der Waals surface area (Å²) >= 11 is 0. The molecule has 7 nitrogen and oxygen atoms in total. The summed E-state index contributed by atoms with van der Waals surface area (Å²) in [5, 5.41) is 18.1. The van der Waals surface area contributed by atoms with Crippen LogP contribution >= 0.6 is 0 Å². The molecule has 0 radical (unpaired) electrons. The number of aliphatic hydroxyl groups is 1. The number of halogens is 2. The van der Waals surface area contributed by atoms with Gasteiger partial charge in [-0.15, -0.1) is 10.2 Å². The molecule has 1 aliphatic rings. The van der Waals surface area contributed by atoms with E-state index in [-0.39, 0.29) is 18.5 Å². The average Bonchev–Trinajstić information content (AvgIpc) is 3.51. The summed E-state index contributed by atoms with van der Waals surface area (Å²) < 4.78 is 36.0. The van der Waals surface area contributed by atoms with Crippen LogP contribution in [0.5, 0.6) is 0 Å². The lowest BCUT2D eigenvalue weighted by Crippen LogP contribution is -2.41. The first-order valence-electron chi connectivity index (χ1n) is 12.1. The standard InChI is InChI=1S/C28H25F2N5O2/c1-34-16-31-33-27(34)23-13-21(30)6-7-22(23)17-4-2-5-18(10-17)28-32-24-12-19(11-20(14-29)26(24)37-28)25(15-36)35-8-3-9-35/h2,4-7,10-13,16,25,36H,3,8-9,14-15H2,1H3/t25-/m1/s1. The number of oxazole rings is 1. The van der Waals surface area contributed by atoms with Crippen molar-refractivity contribution >= 4 is 11.1 Å². The van der Waals surface area contributed by atoms with Crippen LogP contribution in [0.25, 0.3) is 45.1 Å². The molecule has 1 atom stereocenters. The van der Waals surface area contributed by atoms with Gasteiger partial charge in [0.1, 0.15) is 24.3 Å². The second-order valence-electron chi connectivity index (χ2n) is 9.30. The third-order valence-corrected chi connectivity index (χ3v) is 6.98. The van der Waals surface area contributed by atoms with E-state index < -0.39 is 6.67 Å². The molecule has 0 aliphatic carbocycles. The molecular formula is C28H25F2N5O2. The molecule has 5 aromatic rings. The molecule has 37 heavy (non-hydrogen) atoms. The van der Waals surface area contributed by atoms with Crippen LogP contribution in [0.2, 0.25) is 0 Å². The molecule has 0 unspecified atom stereocenters. The number of aliphatic hydroxyl groups excluding tert-OH is 1. The van der Waals surface area contributed by atoms with Crippen molar-refractivity contribution in [3.05, 3.63) is 77.9 Å². The van der Waals surface area contributed by atoms with Crippen molar-refractivity contribution in [1.29, 1.82) is 0 Å². The maximum absolute atomic E-state index is 14.2. The van der Waals surface area contributed by atoms with Gasteiger partial charge in [-0.3, -0.25) is 4.90 Å². The molecule has 0 amide bonds. The van der Waals surface area contributed by atoms with Gasteiger partial charge in [0, 0.05) is 36.8 Å². The van der Waals surface area contributed by atoms with Crippen molar-refractivity contribution < 1.29 is 18.3 Å². The molecule has 0 bridgehead atoms. The molecule has 1 saturated heterocycles. The zero-order chi connectivity index (χ0) is 25.5. The lowest BCUT2D eigenvalue weighted by atomic mass is 9.97. The SMILES string of the molecule is Cn1cnnc1-c1cc(F)ccc1-c1cccc(-c2nc3cc([C@@H](CO)N4CCC4)cc(CF)c3o2)c1. The van der Waals surface area contributed by atoms with Gasteiger partial charge >= 0.3 is 0 Å². The van der Waals surface area contributed by atoms with E-state index in [0.717, 1.165) is 36.2 Å². The zero-order valence-corrected chi connectivity index (χ0v) is 20.2. The lowest BCUT2D eigenvalue weighted by molar-refractivity contribution is 0.0713. The predicted molar refractivity (Wildman–Crippen MR) is 136 cm³/mol. The van der Waals surface area contributed by atoms with Gasteiger partial charge in [-0.2, -0.15) is 0 Å². The fourth-order valence-electron chi connectivity index (χ4n) is 4.93. The van der Waals surface area contributed by atoms with Crippen LogP contribution in [0, 0.1) is 5.82 Å². The first-order chi connectivity index (χ1) is 18.1. The van der Waals surface area contributed by atoms with E-state index in [1.807, 2.05) is 30.3 Å². The van der Waals surface area contributed by atoms with Crippen molar-refractivity contribution in [1.82, 2.24) is 24.6 Å². The zero-order valence-electron chi connectivity index (χ0n) is 20.2. The minimum absolute atomic E-state index is 0.0461. The highest BCUT2D eigenvalue weighted by Gasteiger charge is 2.26. The molecule has 1 aliphatic heterocycles. The number of rotatable bonds is 7. The largest absolute Gasteiger partial charge is 0.436 e. The monoisotopic (exact) mass is 501 g/mol. The Morgan fingerprint density at radius 1 is 1.05 bits per heavy atom. The van der Waals surface area contributed by atoms with Crippen LogP contribution in [0.1, 0.15) is 23.6 Å². The van der Waals surface area contributed by atoms with Gasteiger partial charge < -0.3 is 14.1 Å². The Morgan fingerprint density at radius 2 is 1.89 bits per heavy atom. The topological polar surface area (TPSA) is 80.2 Å². The molecular weight excluding hydrogens is 476 g/mol. The molecule has 188 valence electrons. The van der Waals surface area contributed by atoms with E-state index in [1.165, 1.54) is 12.1 Å². The number of aromatic nitrogens is 4. The highest BCUT2D eigenvalue weighted by atomic mass is 19.1. The van der Waals surface area contributed by atoms with Crippen LogP contribution in [-0.4, -0.2) is 49.5 Å². The first-order valence-corrected chi connectivity index (χ1v) is 12.1. The van der Waals surface area contributed by atoms with Crippen molar-refractivity contribution in [2.45, 2.75) is 19.1 Å². The molecule has 3 aromatic carbocycles. The average molecular weight is 502 g/mol. The molecule has 2 aromatic heterocycles. The summed E-state index contributed by atoms with van der Waals surface area (Å²) in [7, 11) is 1.80. The van der Waals surface area contributed by atoms with E-state index in [9.17, 15) is 13.9 Å². The van der Waals surface area contributed by atoms with Crippen molar-refractivity contribution in [3.63, 3.8) is 0 Å². The molecule has 1 fully saturated rings. The number of hydrogen-bond donors (Lipinski definition) is 1. The minimum atomic E-state index is -0.701. The van der Waals surface area contributed by atoms with Gasteiger partial charge in [0.25, 0.3) is 0 Å². The highest BCUT2D eigenvalue weighted by molar-refractivity contribution is 5.84. The first kappa shape index (κ1) is 23.4. The summed E-state index contributed by atoms with van der Waals surface area (Å²) in [6.07, 6.45) is 2.66. The molecule has 1 N–H and O–H groups in total. The Morgan fingerprint density at radius 3 is 2.59 bits per heavy atom. The minimum Gasteiger partial charge on any atom is -0.436 e. The number of benzene rings is 3. The second-order valence-corrected chi connectivity index (χ2v) is 9.30. The summed E-state index contributed by atoms with van der Waals surface area (Å²) in [6, 6.07) is 15.6. The van der Waals surface area contributed by atoms with Crippen molar-refractivity contribution in [2.24, 2.45) is 7.05 Å². The number of aryl methyl sites for hydroxylation is 1.